The molecule has 1 amide bonds. The third-order valence-electron chi connectivity index (χ3n) is 6.10. The highest BCUT2D eigenvalue weighted by Crippen LogP contribution is 2.42. The van der Waals surface area contributed by atoms with Gasteiger partial charge in [0.25, 0.3) is 5.91 Å². The van der Waals surface area contributed by atoms with Crippen molar-refractivity contribution in [1.29, 1.82) is 0 Å². The lowest BCUT2D eigenvalue weighted by atomic mass is 9.86. The molecule has 4 rings (SSSR count). The second-order valence-electron chi connectivity index (χ2n) is 9.83. The number of nitrogens with zero attached hydrogens (tertiary/aromatic N) is 3. The van der Waals surface area contributed by atoms with Crippen molar-refractivity contribution in [3.8, 4) is 0 Å². The van der Waals surface area contributed by atoms with E-state index in [1.165, 1.54) is 5.69 Å². The van der Waals surface area contributed by atoms with Gasteiger partial charge in [-0.25, -0.2) is 4.98 Å². The molecule has 2 saturated heterocycles. The number of pyridine rings is 1. The normalized spacial score (nSPS) is 20.6. The number of nitrogens with one attached hydrogen (secondary N) is 1. The monoisotopic (exact) mass is 436 g/mol. The summed E-state index contributed by atoms with van der Waals surface area (Å²) in [6.45, 7) is 9.19. The lowest BCUT2D eigenvalue weighted by Crippen LogP contribution is -2.35. The Morgan fingerprint density at radius 3 is 2.41 bits per heavy atom. The highest BCUT2D eigenvalue weighted by Gasteiger charge is 2.43. The van der Waals surface area contributed by atoms with Crippen LogP contribution in [0, 0.1) is 5.41 Å². The van der Waals surface area contributed by atoms with Gasteiger partial charge in [-0.1, -0.05) is 24.3 Å². The van der Waals surface area contributed by atoms with E-state index in [1.54, 1.807) is 26.8 Å². The maximum atomic E-state index is 12.5. The molecule has 2 fully saturated rings. The van der Waals surface area contributed by atoms with Gasteiger partial charge >= 0.3 is 5.97 Å². The van der Waals surface area contributed by atoms with E-state index in [0.717, 1.165) is 44.8 Å². The zero-order valence-corrected chi connectivity index (χ0v) is 19.1. The summed E-state index contributed by atoms with van der Waals surface area (Å²) in [5.41, 5.74) is 1.27. The van der Waals surface area contributed by atoms with E-state index in [4.69, 9.17) is 4.74 Å². The number of hydrogen-bond acceptors (Lipinski definition) is 6. The summed E-state index contributed by atoms with van der Waals surface area (Å²) in [6, 6.07) is 16.0. The minimum Gasteiger partial charge on any atom is -0.459 e. The Balaban J connectivity index is 1.36. The van der Waals surface area contributed by atoms with Crippen molar-refractivity contribution in [3.05, 3.63) is 54.2 Å². The van der Waals surface area contributed by atoms with Crippen molar-refractivity contribution >= 4 is 23.4 Å². The van der Waals surface area contributed by atoms with Crippen LogP contribution in [0.1, 0.15) is 44.1 Å². The maximum absolute atomic E-state index is 12.5. The molecule has 1 spiro atoms. The van der Waals surface area contributed by atoms with Crippen molar-refractivity contribution in [2.75, 3.05) is 42.5 Å². The molecule has 0 saturated carbocycles. The molecule has 0 aliphatic carbocycles. The third-order valence-corrected chi connectivity index (χ3v) is 6.10. The SMILES string of the molecule is CC(C)(C)OC(=O)CNC(=O)c1cccc(N2CCC3(CCN(c4ccccc4)C3)C2)n1. The number of hydrogen-bond donors (Lipinski definition) is 1. The van der Waals surface area contributed by atoms with Gasteiger partial charge in [0.15, 0.2) is 0 Å². The molecule has 2 aromatic rings. The average Bonchev–Trinajstić information content (AvgIpc) is 3.38. The van der Waals surface area contributed by atoms with Crippen LogP contribution in [0.4, 0.5) is 11.5 Å². The van der Waals surface area contributed by atoms with Crippen LogP contribution in [0.25, 0.3) is 0 Å². The predicted molar refractivity (Wildman–Crippen MR) is 125 cm³/mol. The maximum Gasteiger partial charge on any atom is 0.325 e. The summed E-state index contributed by atoms with van der Waals surface area (Å²) in [4.78, 5) is 33.7. The van der Waals surface area contributed by atoms with Crippen LogP contribution in [0.5, 0.6) is 0 Å². The lowest BCUT2D eigenvalue weighted by molar-refractivity contribution is -0.153. The number of aromatic nitrogens is 1. The van der Waals surface area contributed by atoms with Crippen molar-refractivity contribution in [2.45, 2.75) is 39.2 Å². The number of ether oxygens (including phenoxy) is 1. The van der Waals surface area contributed by atoms with Gasteiger partial charge in [-0.05, 0) is 57.9 Å². The first-order valence-electron chi connectivity index (χ1n) is 11.3. The molecule has 1 N–H and O–H groups in total. The van der Waals surface area contributed by atoms with Crippen molar-refractivity contribution in [3.63, 3.8) is 0 Å². The molecule has 7 heteroatoms. The quantitative estimate of drug-likeness (QED) is 0.726. The number of benzene rings is 1. The number of anilines is 2. The summed E-state index contributed by atoms with van der Waals surface area (Å²) in [7, 11) is 0. The van der Waals surface area contributed by atoms with Crippen molar-refractivity contribution < 1.29 is 14.3 Å². The van der Waals surface area contributed by atoms with Crippen LogP contribution in [0.3, 0.4) is 0 Å². The van der Waals surface area contributed by atoms with E-state index in [1.807, 2.05) is 12.1 Å². The van der Waals surface area contributed by atoms with E-state index >= 15 is 0 Å². The first-order chi connectivity index (χ1) is 15.2. The van der Waals surface area contributed by atoms with Gasteiger partial charge in [0.1, 0.15) is 23.7 Å². The Bertz CT molecular complexity index is 973. The number of rotatable bonds is 5. The molecule has 2 aliphatic heterocycles. The highest BCUT2D eigenvalue weighted by molar-refractivity contribution is 5.94. The lowest BCUT2D eigenvalue weighted by Gasteiger charge is -2.26. The van der Waals surface area contributed by atoms with E-state index < -0.39 is 11.6 Å². The zero-order chi connectivity index (χ0) is 22.8. The fourth-order valence-electron chi connectivity index (χ4n) is 4.60. The molecular weight excluding hydrogens is 404 g/mol. The Morgan fingerprint density at radius 2 is 1.69 bits per heavy atom. The van der Waals surface area contributed by atoms with Crippen LogP contribution in [-0.2, 0) is 9.53 Å². The summed E-state index contributed by atoms with van der Waals surface area (Å²) in [6.07, 6.45) is 2.28. The third kappa shape index (κ3) is 5.21. The molecule has 7 nitrogen and oxygen atoms in total. The molecule has 1 atom stereocenters. The summed E-state index contributed by atoms with van der Waals surface area (Å²) < 4.78 is 5.24. The molecule has 3 heterocycles. The summed E-state index contributed by atoms with van der Waals surface area (Å²) in [5, 5.41) is 2.61. The van der Waals surface area contributed by atoms with Gasteiger partial charge in [0.05, 0.1) is 0 Å². The van der Waals surface area contributed by atoms with Gasteiger partial charge in [-0.3, -0.25) is 9.59 Å². The largest absolute Gasteiger partial charge is 0.459 e. The highest BCUT2D eigenvalue weighted by atomic mass is 16.6. The molecule has 2 aliphatic rings. The van der Waals surface area contributed by atoms with Crippen molar-refractivity contribution in [1.82, 2.24) is 10.3 Å². The minimum atomic E-state index is -0.581. The Morgan fingerprint density at radius 1 is 1.00 bits per heavy atom. The minimum absolute atomic E-state index is 0.176. The van der Waals surface area contributed by atoms with Gasteiger partial charge in [0, 0.05) is 37.3 Å². The average molecular weight is 437 g/mol. The molecule has 32 heavy (non-hydrogen) atoms. The van der Waals surface area contributed by atoms with Gasteiger partial charge in [-0.2, -0.15) is 0 Å². The zero-order valence-electron chi connectivity index (χ0n) is 19.1. The second kappa shape index (κ2) is 8.81. The molecule has 1 aromatic heterocycles. The summed E-state index contributed by atoms with van der Waals surface area (Å²) in [5.74, 6) is -0.0274. The van der Waals surface area contributed by atoms with E-state index in [2.05, 4.69) is 50.4 Å². The number of para-hydroxylation sites is 1. The van der Waals surface area contributed by atoms with Gasteiger partial charge < -0.3 is 19.9 Å². The Labute approximate surface area is 189 Å². The summed E-state index contributed by atoms with van der Waals surface area (Å²) >= 11 is 0. The predicted octanol–water partition coefficient (Wildman–Crippen LogP) is 3.26. The van der Waals surface area contributed by atoms with Crippen LogP contribution in [-0.4, -0.2) is 55.2 Å². The van der Waals surface area contributed by atoms with E-state index in [9.17, 15) is 9.59 Å². The molecular formula is C25H32N4O3. The first kappa shape index (κ1) is 22.1. The number of amides is 1. The van der Waals surface area contributed by atoms with Crippen LogP contribution >= 0.6 is 0 Å². The van der Waals surface area contributed by atoms with Crippen LogP contribution in [0.15, 0.2) is 48.5 Å². The second-order valence-corrected chi connectivity index (χ2v) is 9.83. The van der Waals surface area contributed by atoms with Gasteiger partial charge in [-0.15, -0.1) is 0 Å². The van der Waals surface area contributed by atoms with Crippen LogP contribution < -0.4 is 15.1 Å². The number of esters is 1. The molecule has 1 unspecified atom stereocenters. The standard InChI is InChI=1S/C25H32N4O3/c1-24(2,3)32-22(30)16-26-23(31)20-10-7-11-21(27-20)29-15-13-25(18-29)12-14-28(17-25)19-8-5-4-6-9-19/h4-11H,12-18H2,1-3H3,(H,26,31). The molecule has 0 bridgehead atoms. The fraction of sp³-hybridized carbons (Fsp3) is 0.480. The van der Waals surface area contributed by atoms with Crippen LogP contribution in [0.2, 0.25) is 0 Å². The van der Waals surface area contributed by atoms with Crippen molar-refractivity contribution in [2.24, 2.45) is 5.41 Å². The molecule has 170 valence electrons. The Hall–Kier alpha value is -3.09. The fourth-order valence-corrected chi connectivity index (χ4v) is 4.60. The van der Waals surface area contributed by atoms with E-state index in [0.29, 0.717) is 5.69 Å². The van der Waals surface area contributed by atoms with Gasteiger partial charge in [0.2, 0.25) is 0 Å². The topological polar surface area (TPSA) is 74.8 Å². The number of carbonyl (C=O) groups excluding carboxylic acids is 2. The number of carbonyl (C=O) groups is 2. The smallest absolute Gasteiger partial charge is 0.325 e. The molecule has 1 aromatic carbocycles. The Kier molecular flexibility index (Phi) is 6.09. The first-order valence-corrected chi connectivity index (χ1v) is 11.3. The molecule has 0 radical (unpaired) electrons. The van der Waals surface area contributed by atoms with E-state index in [-0.39, 0.29) is 17.9 Å².